The average molecular weight is 273 g/mol. The molecule has 113 valence electrons. The zero-order chi connectivity index (χ0) is 15.4. The van der Waals surface area contributed by atoms with Crippen molar-refractivity contribution in [1.29, 1.82) is 0 Å². The Morgan fingerprint density at radius 1 is 0.650 bits per heavy atom. The van der Waals surface area contributed by atoms with Gasteiger partial charge in [0.15, 0.2) is 0 Å². The van der Waals surface area contributed by atoms with Gasteiger partial charge in [0.05, 0.1) is 0 Å². The highest BCUT2D eigenvalue weighted by atomic mass is 14.0. The van der Waals surface area contributed by atoms with Crippen LogP contribution in [-0.2, 0) is 0 Å². The van der Waals surface area contributed by atoms with Crippen molar-refractivity contribution in [2.24, 2.45) is 0 Å². The first-order chi connectivity index (χ1) is 9.45. The number of rotatable bonds is 9. The first kappa shape index (κ1) is 19.0. The summed E-state index contributed by atoms with van der Waals surface area (Å²) in [7, 11) is 0. The SMILES string of the molecule is [CH2]C=C(C)CCC=C(C)CCC=C(C)CCC=C(C)C. The topological polar surface area (TPSA) is 0 Å². The van der Waals surface area contributed by atoms with Gasteiger partial charge in [0.1, 0.15) is 0 Å². The van der Waals surface area contributed by atoms with Crippen LogP contribution in [0.1, 0.15) is 73.1 Å². The fourth-order valence-corrected chi connectivity index (χ4v) is 1.99. The van der Waals surface area contributed by atoms with E-state index in [0.29, 0.717) is 0 Å². The van der Waals surface area contributed by atoms with Gasteiger partial charge in [-0.05, 0) is 80.1 Å². The molecule has 0 aliphatic heterocycles. The first-order valence-corrected chi connectivity index (χ1v) is 7.85. The third-order valence-electron chi connectivity index (χ3n) is 3.50. The lowest BCUT2D eigenvalue weighted by atomic mass is 10.0. The van der Waals surface area contributed by atoms with Crippen LogP contribution >= 0.6 is 0 Å². The van der Waals surface area contributed by atoms with Crippen LogP contribution in [0.5, 0.6) is 0 Å². The molecule has 0 saturated carbocycles. The molecule has 0 N–H and O–H groups in total. The molecule has 0 amide bonds. The molecule has 0 saturated heterocycles. The maximum atomic E-state index is 3.79. The molecule has 0 heteroatoms. The second kappa shape index (κ2) is 11.8. The predicted molar refractivity (Wildman–Crippen MR) is 93.8 cm³/mol. The van der Waals surface area contributed by atoms with Crippen LogP contribution in [0.25, 0.3) is 0 Å². The molecule has 0 unspecified atom stereocenters. The quantitative estimate of drug-likeness (QED) is 0.398. The summed E-state index contributed by atoms with van der Waals surface area (Å²) in [4.78, 5) is 0. The largest absolute Gasteiger partial charge is 0.0856 e. The minimum Gasteiger partial charge on any atom is -0.0856 e. The third-order valence-corrected chi connectivity index (χ3v) is 3.50. The first-order valence-electron chi connectivity index (χ1n) is 7.85. The molecule has 0 spiro atoms. The smallest absolute Gasteiger partial charge is 0.0288 e. The monoisotopic (exact) mass is 273 g/mol. The van der Waals surface area contributed by atoms with Crippen molar-refractivity contribution in [1.82, 2.24) is 0 Å². The lowest BCUT2D eigenvalue weighted by molar-refractivity contribution is 0.900. The Balaban J connectivity index is 3.91. The average Bonchev–Trinajstić information content (AvgIpc) is 2.38. The molecule has 1 radical (unpaired) electrons. The van der Waals surface area contributed by atoms with Crippen LogP contribution in [0.15, 0.2) is 46.6 Å². The van der Waals surface area contributed by atoms with Crippen LogP contribution < -0.4 is 0 Å². The zero-order valence-electron chi connectivity index (χ0n) is 14.3. The number of hydrogen-bond acceptors (Lipinski definition) is 0. The molecule has 0 heterocycles. The second-order valence-electron chi connectivity index (χ2n) is 6.05. The molecule has 0 aliphatic carbocycles. The highest BCUT2D eigenvalue weighted by molar-refractivity contribution is 5.07. The highest BCUT2D eigenvalue weighted by Gasteiger charge is 1.92. The summed E-state index contributed by atoms with van der Waals surface area (Å²) in [6, 6.07) is 0. The maximum Gasteiger partial charge on any atom is -0.0288 e. The van der Waals surface area contributed by atoms with Crippen LogP contribution in [-0.4, -0.2) is 0 Å². The van der Waals surface area contributed by atoms with E-state index in [1.54, 1.807) is 0 Å². The van der Waals surface area contributed by atoms with E-state index in [2.05, 4.69) is 59.8 Å². The number of hydrogen-bond donors (Lipinski definition) is 0. The molecule has 0 atom stereocenters. The van der Waals surface area contributed by atoms with Crippen molar-refractivity contribution in [3.05, 3.63) is 53.5 Å². The fourth-order valence-electron chi connectivity index (χ4n) is 1.99. The summed E-state index contributed by atoms with van der Waals surface area (Å²) in [5.74, 6) is 0. The van der Waals surface area contributed by atoms with Crippen molar-refractivity contribution in [2.45, 2.75) is 73.1 Å². The Kier molecular flexibility index (Phi) is 11.1. The lowest BCUT2D eigenvalue weighted by Gasteiger charge is -2.02. The van der Waals surface area contributed by atoms with Gasteiger partial charge in [0, 0.05) is 0 Å². The second-order valence-corrected chi connectivity index (χ2v) is 6.05. The molecule has 0 aliphatic rings. The lowest BCUT2D eigenvalue weighted by Crippen LogP contribution is -1.82. The molecule has 0 rings (SSSR count). The van der Waals surface area contributed by atoms with Crippen LogP contribution in [0.4, 0.5) is 0 Å². The van der Waals surface area contributed by atoms with Gasteiger partial charge in [-0.3, -0.25) is 0 Å². The molecular formula is C20H33. The van der Waals surface area contributed by atoms with E-state index in [0.717, 1.165) is 12.8 Å². The van der Waals surface area contributed by atoms with Gasteiger partial charge in [0.25, 0.3) is 0 Å². The molecule has 0 bridgehead atoms. The van der Waals surface area contributed by atoms with Crippen molar-refractivity contribution < 1.29 is 0 Å². The van der Waals surface area contributed by atoms with Gasteiger partial charge in [-0.25, -0.2) is 0 Å². The normalized spacial score (nSPS) is 13.6. The Hall–Kier alpha value is -1.04. The minimum atomic E-state index is 1.14. The van der Waals surface area contributed by atoms with Crippen LogP contribution in [0.3, 0.4) is 0 Å². The van der Waals surface area contributed by atoms with E-state index in [4.69, 9.17) is 0 Å². The van der Waals surface area contributed by atoms with E-state index in [1.807, 2.05) is 6.08 Å². The van der Waals surface area contributed by atoms with Gasteiger partial charge < -0.3 is 0 Å². The molecule has 0 fully saturated rings. The van der Waals surface area contributed by atoms with Crippen molar-refractivity contribution >= 4 is 0 Å². The van der Waals surface area contributed by atoms with E-state index in [9.17, 15) is 0 Å². The molecule has 20 heavy (non-hydrogen) atoms. The summed E-state index contributed by atoms with van der Waals surface area (Å²) in [5, 5.41) is 0. The van der Waals surface area contributed by atoms with E-state index < -0.39 is 0 Å². The molecule has 0 aromatic rings. The zero-order valence-corrected chi connectivity index (χ0v) is 14.3. The van der Waals surface area contributed by atoms with E-state index in [1.165, 1.54) is 48.0 Å². The maximum absolute atomic E-state index is 3.79. The summed E-state index contributed by atoms with van der Waals surface area (Å²) in [5.41, 5.74) is 5.83. The Bertz CT molecular complexity index is 371. The fraction of sp³-hybridized carbons (Fsp3) is 0.550. The number of allylic oxidation sites excluding steroid dienone is 8. The van der Waals surface area contributed by atoms with Gasteiger partial charge >= 0.3 is 0 Å². The Morgan fingerprint density at radius 3 is 1.45 bits per heavy atom. The summed E-state index contributed by atoms with van der Waals surface area (Å²) >= 11 is 0. The molecule has 0 nitrogen and oxygen atoms in total. The Morgan fingerprint density at radius 2 is 1.05 bits per heavy atom. The predicted octanol–water partition coefficient (Wildman–Crippen LogP) is 6.97. The molecule has 0 aromatic heterocycles. The summed E-state index contributed by atoms with van der Waals surface area (Å²) in [6.45, 7) is 14.8. The highest BCUT2D eigenvalue weighted by Crippen LogP contribution is 2.13. The van der Waals surface area contributed by atoms with E-state index in [-0.39, 0.29) is 0 Å². The molecule has 0 aromatic carbocycles. The van der Waals surface area contributed by atoms with Crippen LogP contribution in [0.2, 0.25) is 0 Å². The van der Waals surface area contributed by atoms with Gasteiger partial charge in [0.2, 0.25) is 0 Å². The van der Waals surface area contributed by atoms with Crippen molar-refractivity contribution in [3.8, 4) is 0 Å². The van der Waals surface area contributed by atoms with Gasteiger partial charge in [-0.15, -0.1) is 0 Å². The van der Waals surface area contributed by atoms with Gasteiger partial charge in [-0.1, -0.05) is 46.6 Å². The summed E-state index contributed by atoms with van der Waals surface area (Å²) < 4.78 is 0. The third kappa shape index (κ3) is 12.0. The van der Waals surface area contributed by atoms with Crippen LogP contribution in [0, 0.1) is 6.92 Å². The summed E-state index contributed by atoms with van der Waals surface area (Å²) in [6.07, 6.45) is 16.1. The van der Waals surface area contributed by atoms with E-state index >= 15 is 0 Å². The molecular weight excluding hydrogens is 240 g/mol. The van der Waals surface area contributed by atoms with Crippen molar-refractivity contribution in [2.75, 3.05) is 0 Å². The van der Waals surface area contributed by atoms with Gasteiger partial charge in [-0.2, -0.15) is 0 Å². The van der Waals surface area contributed by atoms with Crippen molar-refractivity contribution in [3.63, 3.8) is 0 Å². The Labute approximate surface area is 127 Å². The minimum absolute atomic E-state index is 1.14. The standard InChI is InChI=1S/C20H33/c1-7-18(4)12-9-14-20(6)16-10-15-19(5)13-8-11-17(2)3/h7,11,14-15H,1,8-10,12-13,16H2,2-6H3.